The molecule has 0 bridgehead atoms. The maximum absolute atomic E-state index is 14.0. The predicted molar refractivity (Wildman–Crippen MR) is 152 cm³/mol. The molecule has 1 N–H and O–H groups in total. The third-order valence-corrected chi connectivity index (χ3v) is 8.22. The average molecular weight is 556 g/mol. The second kappa shape index (κ2) is 12.9. The Kier molecular flexibility index (Phi) is 9.94. The Morgan fingerprint density at radius 2 is 1.66 bits per heavy atom. The zero-order chi connectivity index (χ0) is 27.9. The molecule has 0 radical (unpaired) electrons. The highest BCUT2D eigenvalue weighted by Gasteiger charge is 2.34. The molecule has 202 valence electrons. The number of carbonyl (C=O) groups excluding carboxylic acids is 2. The summed E-state index contributed by atoms with van der Waals surface area (Å²) in [5.74, 6) is -0.769. The molecule has 2 amide bonds. The molecular weight excluding hydrogens is 522 g/mol. The minimum atomic E-state index is -4.12. The standard InChI is InChI=1S/C29H34ClN3O4S/c1-5-26(29(35)31-6-2)32(19-23-12-10-11-21(3)17-23)28(34)20-33(27-16-15-24(30)18-22(27)4)38(36,37)25-13-8-7-9-14-25/h7-18,26H,5-6,19-20H2,1-4H3,(H,31,35)/t26-/m0/s1. The first-order chi connectivity index (χ1) is 18.1. The van der Waals surface area contributed by atoms with Gasteiger partial charge < -0.3 is 10.2 Å². The van der Waals surface area contributed by atoms with Crippen LogP contribution in [0.1, 0.15) is 37.0 Å². The van der Waals surface area contributed by atoms with E-state index in [-0.39, 0.29) is 17.3 Å². The van der Waals surface area contributed by atoms with E-state index in [2.05, 4.69) is 5.32 Å². The van der Waals surface area contributed by atoms with Crippen molar-refractivity contribution in [2.24, 2.45) is 0 Å². The number of nitrogens with zero attached hydrogens (tertiary/aromatic N) is 2. The molecule has 0 saturated heterocycles. The Labute approximate surface area is 230 Å². The van der Waals surface area contributed by atoms with E-state index in [1.54, 1.807) is 43.3 Å². The summed E-state index contributed by atoms with van der Waals surface area (Å²) in [5, 5.41) is 3.26. The van der Waals surface area contributed by atoms with Gasteiger partial charge in [-0.2, -0.15) is 0 Å². The van der Waals surface area contributed by atoms with Crippen LogP contribution >= 0.6 is 11.6 Å². The molecule has 0 aromatic heterocycles. The highest BCUT2D eigenvalue weighted by molar-refractivity contribution is 7.92. The van der Waals surface area contributed by atoms with Gasteiger partial charge >= 0.3 is 0 Å². The SMILES string of the molecule is CCNC(=O)[C@H](CC)N(Cc1cccc(C)c1)C(=O)CN(c1ccc(Cl)cc1C)S(=O)(=O)c1ccccc1. The number of hydrogen-bond acceptors (Lipinski definition) is 4. The zero-order valence-electron chi connectivity index (χ0n) is 22.1. The van der Waals surface area contributed by atoms with Crippen molar-refractivity contribution in [3.8, 4) is 0 Å². The van der Waals surface area contributed by atoms with Crippen LogP contribution in [0.2, 0.25) is 5.02 Å². The average Bonchev–Trinajstić information content (AvgIpc) is 2.88. The van der Waals surface area contributed by atoms with Crippen LogP contribution in [-0.2, 0) is 26.2 Å². The van der Waals surface area contributed by atoms with E-state index in [0.29, 0.717) is 29.2 Å². The molecule has 0 spiro atoms. The van der Waals surface area contributed by atoms with Crippen molar-refractivity contribution in [1.29, 1.82) is 0 Å². The second-order valence-corrected chi connectivity index (χ2v) is 11.4. The van der Waals surface area contributed by atoms with Gasteiger partial charge in [0, 0.05) is 18.1 Å². The number of rotatable bonds is 11. The number of nitrogens with one attached hydrogen (secondary N) is 1. The summed E-state index contributed by atoms with van der Waals surface area (Å²) in [4.78, 5) is 28.5. The van der Waals surface area contributed by atoms with Gasteiger partial charge in [0.25, 0.3) is 10.0 Å². The van der Waals surface area contributed by atoms with Gasteiger partial charge in [0.15, 0.2) is 0 Å². The fraction of sp³-hybridized carbons (Fsp3) is 0.310. The van der Waals surface area contributed by atoms with Crippen molar-refractivity contribution >= 4 is 39.1 Å². The fourth-order valence-corrected chi connectivity index (χ4v) is 6.08. The quantitative estimate of drug-likeness (QED) is 0.357. The van der Waals surface area contributed by atoms with Crippen molar-refractivity contribution in [3.63, 3.8) is 0 Å². The molecule has 0 fully saturated rings. The Bertz CT molecular complexity index is 1380. The number of hydrogen-bond donors (Lipinski definition) is 1. The molecule has 38 heavy (non-hydrogen) atoms. The molecule has 1 atom stereocenters. The van der Waals surface area contributed by atoms with Gasteiger partial charge in [0.1, 0.15) is 12.6 Å². The smallest absolute Gasteiger partial charge is 0.264 e. The molecule has 0 aliphatic rings. The summed E-state index contributed by atoms with van der Waals surface area (Å²) in [6, 6.07) is 19.7. The molecule has 3 rings (SSSR count). The summed E-state index contributed by atoms with van der Waals surface area (Å²) >= 11 is 6.15. The molecule has 0 saturated carbocycles. The zero-order valence-corrected chi connectivity index (χ0v) is 23.7. The highest BCUT2D eigenvalue weighted by atomic mass is 35.5. The van der Waals surface area contributed by atoms with Gasteiger partial charge in [-0.25, -0.2) is 8.42 Å². The number of halogens is 1. The third kappa shape index (κ3) is 6.94. The third-order valence-electron chi connectivity index (χ3n) is 6.21. The number of carbonyl (C=O) groups is 2. The topological polar surface area (TPSA) is 86.8 Å². The van der Waals surface area contributed by atoms with Crippen LogP contribution in [0.4, 0.5) is 5.69 Å². The molecule has 0 unspecified atom stereocenters. The summed E-state index contributed by atoms with van der Waals surface area (Å²) in [7, 11) is -4.12. The van der Waals surface area contributed by atoms with Gasteiger partial charge in [0.2, 0.25) is 11.8 Å². The summed E-state index contributed by atoms with van der Waals surface area (Å²) in [6.07, 6.45) is 0.370. The normalized spacial score (nSPS) is 12.0. The monoisotopic (exact) mass is 555 g/mol. The van der Waals surface area contributed by atoms with E-state index < -0.39 is 28.5 Å². The lowest BCUT2D eigenvalue weighted by atomic mass is 10.1. The first-order valence-electron chi connectivity index (χ1n) is 12.5. The Balaban J connectivity index is 2.08. The molecular formula is C29H34ClN3O4S. The number of likely N-dealkylation sites (N-methyl/N-ethyl adjacent to an activating group) is 1. The first-order valence-corrected chi connectivity index (χ1v) is 14.4. The van der Waals surface area contributed by atoms with Gasteiger partial charge in [-0.1, -0.05) is 66.6 Å². The van der Waals surface area contributed by atoms with Crippen molar-refractivity contribution in [2.45, 2.75) is 51.6 Å². The first kappa shape index (κ1) is 29.2. The molecule has 0 aliphatic heterocycles. The van der Waals surface area contributed by atoms with Crippen LogP contribution in [0.15, 0.2) is 77.7 Å². The van der Waals surface area contributed by atoms with Crippen LogP contribution in [0, 0.1) is 13.8 Å². The minimum absolute atomic E-state index is 0.0585. The van der Waals surface area contributed by atoms with E-state index in [1.807, 2.05) is 45.0 Å². The van der Waals surface area contributed by atoms with Crippen LogP contribution < -0.4 is 9.62 Å². The summed E-state index contributed by atoms with van der Waals surface area (Å²) < 4.78 is 28.8. The van der Waals surface area contributed by atoms with Crippen LogP contribution in [0.25, 0.3) is 0 Å². The van der Waals surface area contributed by atoms with E-state index in [9.17, 15) is 18.0 Å². The molecule has 7 nitrogen and oxygen atoms in total. The number of aryl methyl sites for hydroxylation is 2. The minimum Gasteiger partial charge on any atom is -0.355 e. The largest absolute Gasteiger partial charge is 0.355 e. The van der Waals surface area contributed by atoms with E-state index in [0.717, 1.165) is 15.4 Å². The van der Waals surface area contributed by atoms with E-state index in [4.69, 9.17) is 11.6 Å². The second-order valence-electron chi connectivity index (χ2n) is 9.08. The Morgan fingerprint density at radius 1 is 0.947 bits per heavy atom. The number of benzene rings is 3. The van der Waals surface area contributed by atoms with Crippen LogP contribution in [0.3, 0.4) is 0 Å². The van der Waals surface area contributed by atoms with E-state index >= 15 is 0 Å². The van der Waals surface area contributed by atoms with E-state index in [1.165, 1.54) is 17.0 Å². The molecule has 3 aromatic rings. The van der Waals surface area contributed by atoms with Crippen molar-refractivity contribution in [1.82, 2.24) is 10.2 Å². The van der Waals surface area contributed by atoms with Crippen molar-refractivity contribution in [2.75, 3.05) is 17.4 Å². The Hall–Kier alpha value is -3.36. The maximum atomic E-state index is 14.0. The van der Waals surface area contributed by atoms with Crippen molar-refractivity contribution in [3.05, 3.63) is 94.5 Å². The lowest BCUT2D eigenvalue weighted by Gasteiger charge is -2.33. The molecule has 9 heteroatoms. The Morgan fingerprint density at radius 3 is 2.26 bits per heavy atom. The molecule has 3 aromatic carbocycles. The highest BCUT2D eigenvalue weighted by Crippen LogP contribution is 2.29. The summed E-state index contributed by atoms with van der Waals surface area (Å²) in [5.41, 5.74) is 2.81. The van der Waals surface area contributed by atoms with Gasteiger partial charge in [0.05, 0.1) is 10.6 Å². The molecule has 0 aliphatic carbocycles. The van der Waals surface area contributed by atoms with Crippen molar-refractivity contribution < 1.29 is 18.0 Å². The van der Waals surface area contributed by atoms with Gasteiger partial charge in [-0.05, 0) is 68.7 Å². The summed E-state index contributed by atoms with van der Waals surface area (Å²) in [6.45, 7) is 7.44. The van der Waals surface area contributed by atoms with Gasteiger partial charge in [-0.3, -0.25) is 13.9 Å². The lowest BCUT2D eigenvalue weighted by molar-refractivity contribution is -0.140. The predicted octanol–water partition coefficient (Wildman–Crippen LogP) is 5.10. The van der Waals surface area contributed by atoms with Gasteiger partial charge in [-0.15, -0.1) is 0 Å². The van der Waals surface area contributed by atoms with Crippen LogP contribution in [0.5, 0.6) is 0 Å². The maximum Gasteiger partial charge on any atom is 0.264 e. The lowest BCUT2D eigenvalue weighted by Crippen LogP contribution is -2.52. The van der Waals surface area contributed by atoms with Crippen LogP contribution in [-0.4, -0.2) is 44.3 Å². The number of anilines is 1. The fourth-order valence-electron chi connectivity index (χ4n) is 4.35. The number of sulfonamides is 1. The molecule has 0 heterocycles. The number of amides is 2.